The van der Waals surface area contributed by atoms with E-state index in [2.05, 4.69) is 9.97 Å². The summed E-state index contributed by atoms with van der Waals surface area (Å²) in [4.78, 5) is 22.9. The highest BCUT2D eigenvalue weighted by Gasteiger charge is 2.30. The molecule has 1 unspecified atom stereocenters. The summed E-state index contributed by atoms with van der Waals surface area (Å²) in [6, 6.07) is 17.2. The Morgan fingerprint density at radius 1 is 1.11 bits per heavy atom. The Morgan fingerprint density at radius 2 is 1.86 bits per heavy atom. The number of nitrogens with two attached hydrogens (primary N) is 1. The molecule has 9 nitrogen and oxygen atoms in total. The molecule has 0 saturated carbocycles. The van der Waals surface area contributed by atoms with Crippen LogP contribution in [-0.4, -0.2) is 57.4 Å². The van der Waals surface area contributed by atoms with E-state index < -0.39 is 0 Å². The van der Waals surface area contributed by atoms with E-state index in [-0.39, 0.29) is 12.1 Å². The van der Waals surface area contributed by atoms with Gasteiger partial charge in [-0.1, -0.05) is 24.3 Å². The second-order valence-electron chi connectivity index (χ2n) is 8.65. The number of nitrogens with zero attached hydrogens (tertiary/aromatic N) is 5. The van der Waals surface area contributed by atoms with E-state index in [1.165, 1.54) is 6.33 Å². The lowest BCUT2D eigenvalue weighted by Gasteiger charge is -2.09. The summed E-state index contributed by atoms with van der Waals surface area (Å²) in [5, 5.41) is 5.46. The quantitative estimate of drug-likeness (QED) is 0.322. The number of anilines is 1. The summed E-state index contributed by atoms with van der Waals surface area (Å²) >= 11 is 0. The third kappa shape index (κ3) is 4.85. The zero-order chi connectivity index (χ0) is 24.4. The summed E-state index contributed by atoms with van der Waals surface area (Å²) in [6.07, 6.45) is 3.52. The number of rotatable bonds is 7. The number of fused-ring (bicyclic) bond motifs is 1. The summed E-state index contributed by atoms with van der Waals surface area (Å²) < 4.78 is 13.2. The van der Waals surface area contributed by atoms with E-state index in [1.54, 1.807) is 4.68 Å². The predicted molar refractivity (Wildman–Crippen MR) is 133 cm³/mol. The first-order valence-electron chi connectivity index (χ1n) is 11.3. The molecule has 2 N–H and O–H groups in total. The molecular formula is C26H26N6O3. The largest absolute Gasteiger partial charge is 0.457 e. The summed E-state index contributed by atoms with van der Waals surface area (Å²) in [6.45, 7) is 1.05. The Kier molecular flexibility index (Phi) is 6.15. The molecule has 2 aromatic carbocycles. The van der Waals surface area contributed by atoms with E-state index in [4.69, 9.17) is 20.3 Å². The van der Waals surface area contributed by atoms with Crippen LogP contribution in [0.5, 0.6) is 11.5 Å². The monoisotopic (exact) mass is 470 g/mol. The van der Waals surface area contributed by atoms with Crippen LogP contribution in [0.2, 0.25) is 0 Å². The minimum Gasteiger partial charge on any atom is -0.457 e. The maximum atomic E-state index is 12.3. The van der Waals surface area contributed by atoms with Crippen molar-refractivity contribution in [2.24, 2.45) is 0 Å². The van der Waals surface area contributed by atoms with Gasteiger partial charge in [0.25, 0.3) is 0 Å². The lowest BCUT2D eigenvalue weighted by molar-refractivity contribution is -0.139. The van der Waals surface area contributed by atoms with Gasteiger partial charge < -0.3 is 20.1 Å². The predicted octanol–water partition coefficient (Wildman–Crippen LogP) is 3.67. The summed E-state index contributed by atoms with van der Waals surface area (Å²) in [5.41, 5.74) is 9.03. The van der Waals surface area contributed by atoms with Gasteiger partial charge in [0.2, 0.25) is 0 Å². The Morgan fingerprint density at radius 3 is 2.60 bits per heavy atom. The maximum absolute atomic E-state index is 12.3. The average Bonchev–Trinajstić information content (AvgIpc) is 3.39. The standard InChI is InChI=1S/C26H26N6O3/c1-31(2)13-12-18-14-21(35-26(18)33)15-32-25-22(24(27)28-16-29-25)23(30-32)17-8-10-20(11-9-17)34-19-6-4-3-5-7-19/h3-12,16,21H,13-15H2,1-2H3,(H2,27,28,29). The van der Waals surface area contributed by atoms with Gasteiger partial charge in [0.05, 0.1) is 11.9 Å². The first-order chi connectivity index (χ1) is 17.0. The van der Waals surface area contributed by atoms with Crippen molar-refractivity contribution in [3.05, 3.63) is 72.6 Å². The van der Waals surface area contributed by atoms with Crippen molar-refractivity contribution in [3.63, 3.8) is 0 Å². The minimum absolute atomic E-state index is 0.281. The zero-order valence-corrected chi connectivity index (χ0v) is 19.6. The van der Waals surface area contributed by atoms with Gasteiger partial charge in [0.1, 0.15) is 35.4 Å². The number of hydrogen-bond acceptors (Lipinski definition) is 8. The molecule has 0 amide bonds. The number of carbonyl (C=O) groups is 1. The van der Waals surface area contributed by atoms with Crippen LogP contribution in [0.1, 0.15) is 6.42 Å². The van der Waals surface area contributed by atoms with Crippen molar-refractivity contribution < 1.29 is 14.3 Å². The molecule has 0 spiro atoms. The Labute approximate surface area is 202 Å². The molecule has 0 bridgehead atoms. The molecule has 0 aliphatic carbocycles. The average molecular weight is 471 g/mol. The SMILES string of the molecule is CN(C)CC=C1CC(Cn2nc(-c3ccc(Oc4ccccc4)cc3)c3c(N)ncnc32)OC1=O. The molecular weight excluding hydrogens is 444 g/mol. The first-order valence-corrected chi connectivity index (χ1v) is 11.3. The Hall–Kier alpha value is -4.24. The van der Waals surface area contributed by atoms with Crippen molar-refractivity contribution in [2.75, 3.05) is 26.4 Å². The molecule has 35 heavy (non-hydrogen) atoms. The van der Waals surface area contributed by atoms with Crippen LogP contribution in [-0.2, 0) is 16.1 Å². The summed E-state index contributed by atoms with van der Waals surface area (Å²) in [7, 11) is 3.91. The van der Waals surface area contributed by atoms with E-state index in [9.17, 15) is 4.79 Å². The molecule has 9 heteroatoms. The highest BCUT2D eigenvalue weighted by Crippen LogP contribution is 2.33. The van der Waals surface area contributed by atoms with Crippen molar-refractivity contribution in [1.29, 1.82) is 0 Å². The number of carbonyl (C=O) groups excluding carboxylic acids is 1. The van der Waals surface area contributed by atoms with Gasteiger partial charge >= 0.3 is 5.97 Å². The molecule has 4 aromatic rings. The number of aromatic nitrogens is 4. The van der Waals surface area contributed by atoms with Crippen LogP contribution >= 0.6 is 0 Å². The number of likely N-dealkylation sites (N-methyl/N-ethyl adjacent to an activating group) is 1. The second kappa shape index (κ2) is 9.55. The van der Waals surface area contributed by atoms with Crippen molar-refractivity contribution in [3.8, 4) is 22.8 Å². The number of ether oxygens (including phenoxy) is 2. The lowest BCUT2D eigenvalue weighted by atomic mass is 10.1. The van der Waals surface area contributed by atoms with E-state index in [0.29, 0.717) is 53.4 Å². The van der Waals surface area contributed by atoms with Crippen LogP contribution in [0.3, 0.4) is 0 Å². The maximum Gasteiger partial charge on any atom is 0.334 e. The normalized spacial score (nSPS) is 16.8. The van der Waals surface area contributed by atoms with Gasteiger partial charge in [-0.3, -0.25) is 0 Å². The van der Waals surface area contributed by atoms with Crippen LogP contribution in [0, 0.1) is 0 Å². The molecule has 1 fully saturated rings. The van der Waals surface area contributed by atoms with Crippen molar-refractivity contribution in [2.45, 2.75) is 19.1 Å². The van der Waals surface area contributed by atoms with Crippen molar-refractivity contribution >= 4 is 22.8 Å². The third-order valence-corrected chi connectivity index (χ3v) is 5.73. The van der Waals surface area contributed by atoms with Gasteiger partial charge in [-0.25, -0.2) is 19.4 Å². The Balaban J connectivity index is 1.42. The number of hydrogen-bond donors (Lipinski definition) is 1. The fraction of sp³-hybridized carbons (Fsp3) is 0.231. The molecule has 0 radical (unpaired) electrons. The Bertz CT molecular complexity index is 1380. The summed E-state index contributed by atoms with van der Waals surface area (Å²) in [5.74, 6) is 1.54. The van der Waals surface area contributed by atoms with Gasteiger partial charge in [-0.2, -0.15) is 5.10 Å². The number of nitrogen functional groups attached to an aromatic ring is 1. The molecule has 1 saturated heterocycles. The fourth-order valence-corrected chi connectivity index (χ4v) is 4.02. The van der Waals surface area contributed by atoms with Gasteiger partial charge in [0, 0.05) is 24.1 Å². The van der Waals surface area contributed by atoms with E-state index in [1.807, 2.05) is 79.7 Å². The fourth-order valence-electron chi connectivity index (χ4n) is 4.02. The van der Waals surface area contributed by atoms with Gasteiger partial charge in [0.15, 0.2) is 5.65 Å². The van der Waals surface area contributed by atoms with E-state index in [0.717, 1.165) is 11.3 Å². The highest BCUT2D eigenvalue weighted by molar-refractivity contribution is 5.98. The van der Waals surface area contributed by atoms with Crippen LogP contribution in [0.15, 0.2) is 72.6 Å². The van der Waals surface area contributed by atoms with Crippen LogP contribution in [0.4, 0.5) is 5.82 Å². The second-order valence-corrected chi connectivity index (χ2v) is 8.65. The minimum atomic E-state index is -0.329. The highest BCUT2D eigenvalue weighted by atomic mass is 16.6. The molecule has 3 heterocycles. The van der Waals surface area contributed by atoms with Gasteiger partial charge in [-0.15, -0.1) is 0 Å². The molecule has 1 aliphatic heterocycles. The zero-order valence-electron chi connectivity index (χ0n) is 19.6. The molecule has 178 valence electrons. The molecule has 2 aromatic heterocycles. The third-order valence-electron chi connectivity index (χ3n) is 5.73. The first kappa shape index (κ1) is 22.5. The van der Waals surface area contributed by atoms with Crippen molar-refractivity contribution in [1.82, 2.24) is 24.6 Å². The van der Waals surface area contributed by atoms with Crippen LogP contribution in [0.25, 0.3) is 22.3 Å². The lowest BCUT2D eigenvalue weighted by Crippen LogP contribution is -2.17. The number of esters is 1. The molecule has 1 atom stereocenters. The van der Waals surface area contributed by atoms with Crippen LogP contribution < -0.4 is 10.5 Å². The molecule has 5 rings (SSSR count). The van der Waals surface area contributed by atoms with Gasteiger partial charge in [-0.05, 0) is 50.5 Å². The topological polar surface area (TPSA) is 108 Å². The number of benzene rings is 2. The number of para-hydroxylation sites is 1. The molecule has 1 aliphatic rings. The van der Waals surface area contributed by atoms with E-state index >= 15 is 0 Å². The smallest absolute Gasteiger partial charge is 0.334 e. The number of cyclic esters (lactones) is 1.